The van der Waals surface area contributed by atoms with Crippen molar-refractivity contribution >= 4 is 11.8 Å². The molecular weight excluding hydrogens is 162 g/mol. The van der Waals surface area contributed by atoms with E-state index in [2.05, 4.69) is 0 Å². The fourth-order valence-corrected chi connectivity index (χ4v) is 1.26. The lowest BCUT2D eigenvalue weighted by molar-refractivity contribution is 0.167. The third-order valence-electron chi connectivity index (χ3n) is 1.57. The van der Waals surface area contributed by atoms with Crippen molar-refractivity contribution in [1.82, 2.24) is 4.42 Å². The summed E-state index contributed by atoms with van der Waals surface area (Å²) in [6.07, 6.45) is 7.92. The highest BCUT2D eigenvalue weighted by Gasteiger charge is 2.14. The second-order valence-corrected chi connectivity index (χ2v) is 3.11. The summed E-state index contributed by atoms with van der Waals surface area (Å²) in [5.41, 5.74) is 0. The van der Waals surface area contributed by atoms with Crippen LogP contribution in [0, 0.1) is 0 Å². The standard InChI is InChI=1S/C8H12ClNO/c1-7(11)6-8-4-2-3-5-10(8)9/h2-5,7-8,11H,6H2,1H3. The van der Waals surface area contributed by atoms with Gasteiger partial charge < -0.3 is 5.11 Å². The minimum Gasteiger partial charge on any atom is -0.393 e. The Morgan fingerprint density at radius 3 is 2.91 bits per heavy atom. The normalized spacial score (nSPS) is 25.7. The minimum atomic E-state index is -0.308. The molecule has 1 aliphatic rings. The van der Waals surface area contributed by atoms with Gasteiger partial charge in [-0.1, -0.05) is 12.2 Å². The zero-order chi connectivity index (χ0) is 8.27. The number of rotatable bonds is 2. The number of halogens is 1. The maximum absolute atomic E-state index is 9.08. The van der Waals surface area contributed by atoms with E-state index in [1.165, 1.54) is 0 Å². The maximum atomic E-state index is 9.08. The molecule has 2 atom stereocenters. The van der Waals surface area contributed by atoms with Crippen LogP contribution in [0.25, 0.3) is 0 Å². The van der Waals surface area contributed by atoms with Gasteiger partial charge in [0.05, 0.1) is 12.1 Å². The summed E-state index contributed by atoms with van der Waals surface area (Å²) in [7, 11) is 0. The first kappa shape index (κ1) is 8.62. The maximum Gasteiger partial charge on any atom is 0.0660 e. The Bertz CT molecular complexity index is 177. The second kappa shape index (κ2) is 3.79. The average Bonchev–Trinajstić information content (AvgIpc) is 1.93. The average molecular weight is 174 g/mol. The number of hydrogen-bond donors (Lipinski definition) is 1. The summed E-state index contributed by atoms with van der Waals surface area (Å²) in [5, 5.41) is 9.08. The van der Waals surface area contributed by atoms with Crippen molar-refractivity contribution in [3.05, 3.63) is 24.4 Å². The molecule has 0 aromatic heterocycles. The molecule has 2 unspecified atom stereocenters. The van der Waals surface area contributed by atoms with Crippen LogP contribution >= 0.6 is 11.8 Å². The van der Waals surface area contributed by atoms with Gasteiger partial charge in [-0.05, 0) is 19.4 Å². The summed E-state index contributed by atoms with van der Waals surface area (Å²) in [6.45, 7) is 1.76. The fourth-order valence-electron chi connectivity index (χ4n) is 1.05. The quantitative estimate of drug-likeness (QED) is 0.643. The molecule has 0 spiro atoms. The van der Waals surface area contributed by atoms with E-state index in [0.29, 0.717) is 6.42 Å². The highest BCUT2D eigenvalue weighted by Crippen LogP contribution is 2.15. The fraction of sp³-hybridized carbons (Fsp3) is 0.500. The van der Waals surface area contributed by atoms with Gasteiger partial charge >= 0.3 is 0 Å². The number of aliphatic hydroxyl groups excluding tert-OH is 1. The Kier molecular flexibility index (Phi) is 2.97. The Labute approximate surface area is 71.9 Å². The molecule has 0 saturated carbocycles. The smallest absolute Gasteiger partial charge is 0.0660 e. The van der Waals surface area contributed by atoms with E-state index in [-0.39, 0.29) is 12.1 Å². The van der Waals surface area contributed by atoms with Gasteiger partial charge in [-0.15, -0.1) is 0 Å². The van der Waals surface area contributed by atoms with Gasteiger partial charge in [0.15, 0.2) is 0 Å². The third-order valence-corrected chi connectivity index (χ3v) is 1.94. The van der Waals surface area contributed by atoms with Crippen LogP contribution in [0.1, 0.15) is 13.3 Å². The summed E-state index contributed by atoms with van der Waals surface area (Å²) >= 11 is 5.81. The van der Waals surface area contributed by atoms with E-state index in [0.717, 1.165) is 0 Å². The molecule has 1 N–H and O–H groups in total. The van der Waals surface area contributed by atoms with E-state index in [1.807, 2.05) is 18.2 Å². The zero-order valence-corrected chi connectivity index (χ0v) is 7.20. The van der Waals surface area contributed by atoms with Crippen LogP contribution in [0.5, 0.6) is 0 Å². The van der Waals surface area contributed by atoms with Gasteiger partial charge in [0.25, 0.3) is 0 Å². The van der Waals surface area contributed by atoms with Crippen molar-refractivity contribution in [2.45, 2.75) is 25.5 Å². The van der Waals surface area contributed by atoms with Crippen molar-refractivity contribution in [3.8, 4) is 0 Å². The van der Waals surface area contributed by atoms with E-state index < -0.39 is 0 Å². The molecule has 0 aromatic carbocycles. The van der Waals surface area contributed by atoms with Crippen molar-refractivity contribution in [1.29, 1.82) is 0 Å². The molecule has 1 heterocycles. The molecule has 1 rings (SSSR count). The number of nitrogens with zero attached hydrogens (tertiary/aromatic N) is 1. The zero-order valence-electron chi connectivity index (χ0n) is 6.44. The van der Waals surface area contributed by atoms with Gasteiger partial charge in [-0.25, -0.2) is 0 Å². The van der Waals surface area contributed by atoms with E-state index in [9.17, 15) is 0 Å². The van der Waals surface area contributed by atoms with Gasteiger partial charge in [0.2, 0.25) is 0 Å². The van der Waals surface area contributed by atoms with Gasteiger partial charge in [-0.3, -0.25) is 4.42 Å². The molecule has 11 heavy (non-hydrogen) atoms. The minimum absolute atomic E-state index is 0.127. The largest absolute Gasteiger partial charge is 0.393 e. The van der Waals surface area contributed by atoms with Crippen molar-refractivity contribution < 1.29 is 5.11 Å². The molecule has 0 fully saturated rings. The molecule has 62 valence electrons. The Morgan fingerprint density at radius 2 is 2.36 bits per heavy atom. The molecule has 1 aliphatic heterocycles. The highest BCUT2D eigenvalue weighted by molar-refractivity contribution is 6.14. The van der Waals surface area contributed by atoms with Gasteiger partial charge in [0, 0.05) is 18.0 Å². The van der Waals surface area contributed by atoms with Crippen molar-refractivity contribution in [2.24, 2.45) is 0 Å². The number of aliphatic hydroxyl groups is 1. The van der Waals surface area contributed by atoms with Gasteiger partial charge in [0.1, 0.15) is 0 Å². The molecule has 3 heteroatoms. The van der Waals surface area contributed by atoms with Gasteiger partial charge in [-0.2, -0.15) is 0 Å². The molecule has 0 saturated heterocycles. The summed E-state index contributed by atoms with van der Waals surface area (Å²) < 4.78 is 1.58. The molecule has 2 nitrogen and oxygen atoms in total. The topological polar surface area (TPSA) is 23.5 Å². The summed E-state index contributed by atoms with van der Waals surface area (Å²) in [4.78, 5) is 0. The Morgan fingerprint density at radius 1 is 1.64 bits per heavy atom. The lowest BCUT2D eigenvalue weighted by Crippen LogP contribution is -2.25. The second-order valence-electron chi connectivity index (χ2n) is 2.72. The summed E-state index contributed by atoms with van der Waals surface area (Å²) in [6, 6.07) is 0.127. The monoisotopic (exact) mass is 173 g/mol. The van der Waals surface area contributed by atoms with E-state index >= 15 is 0 Å². The van der Waals surface area contributed by atoms with Crippen LogP contribution < -0.4 is 0 Å². The first-order valence-corrected chi connectivity index (χ1v) is 4.01. The van der Waals surface area contributed by atoms with Crippen LogP contribution in [0.4, 0.5) is 0 Å². The molecule has 0 bridgehead atoms. The molecular formula is C8H12ClNO. The molecule has 0 aliphatic carbocycles. The van der Waals surface area contributed by atoms with Crippen LogP contribution in [0.15, 0.2) is 24.4 Å². The number of hydrogen-bond acceptors (Lipinski definition) is 2. The third kappa shape index (κ3) is 2.56. The van der Waals surface area contributed by atoms with Crippen molar-refractivity contribution in [2.75, 3.05) is 0 Å². The predicted octanol–water partition coefficient (Wildman–Crippen LogP) is 1.67. The SMILES string of the molecule is CC(O)CC1C=CC=CN1Cl. The molecule has 0 radical (unpaired) electrons. The van der Waals surface area contributed by atoms with Crippen LogP contribution in [0.3, 0.4) is 0 Å². The Balaban J connectivity index is 2.45. The first-order chi connectivity index (χ1) is 5.20. The van der Waals surface area contributed by atoms with E-state index in [4.69, 9.17) is 16.9 Å². The number of allylic oxidation sites excluding steroid dienone is 2. The van der Waals surface area contributed by atoms with Crippen LogP contribution in [-0.4, -0.2) is 21.7 Å². The van der Waals surface area contributed by atoms with Crippen LogP contribution in [-0.2, 0) is 0 Å². The molecule has 0 aromatic rings. The Hall–Kier alpha value is -0.470. The lowest BCUT2D eigenvalue weighted by atomic mass is 10.1. The highest BCUT2D eigenvalue weighted by atomic mass is 35.5. The predicted molar refractivity (Wildman–Crippen MR) is 46.1 cm³/mol. The molecule has 0 amide bonds. The van der Waals surface area contributed by atoms with Crippen LogP contribution in [0.2, 0.25) is 0 Å². The first-order valence-electron chi connectivity index (χ1n) is 3.67. The lowest BCUT2D eigenvalue weighted by Gasteiger charge is -2.23. The van der Waals surface area contributed by atoms with Crippen molar-refractivity contribution in [3.63, 3.8) is 0 Å². The van der Waals surface area contributed by atoms with E-state index in [1.54, 1.807) is 17.5 Å². The summed E-state index contributed by atoms with van der Waals surface area (Å²) in [5.74, 6) is 0.